The summed E-state index contributed by atoms with van der Waals surface area (Å²) in [7, 11) is 0. The number of nitrogens with one attached hydrogen (secondary N) is 1. The maximum Gasteiger partial charge on any atom is 0.149 e. The maximum absolute atomic E-state index is 13.4. The Labute approximate surface area is 92.2 Å². The summed E-state index contributed by atoms with van der Waals surface area (Å²) in [5.41, 5.74) is 0.309. The quantitative estimate of drug-likeness (QED) is 0.769. The zero-order valence-corrected chi connectivity index (χ0v) is 8.65. The van der Waals surface area contributed by atoms with E-state index in [4.69, 9.17) is 5.11 Å². The molecule has 1 aromatic heterocycles. The lowest BCUT2D eigenvalue weighted by atomic mass is 10.2. The number of rotatable bonds is 4. The molecule has 0 spiro atoms. The van der Waals surface area contributed by atoms with E-state index in [-0.39, 0.29) is 12.4 Å². The summed E-state index contributed by atoms with van der Waals surface area (Å²) in [6, 6.07) is 4.75. The largest absolute Gasteiger partial charge is 0.396 e. The molecule has 1 heterocycles. The smallest absolute Gasteiger partial charge is 0.149 e. The maximum atomic E-state index is 13.4. The molecule has 0 saturated heterocycles. The number of benzene rings is 1. The molecule has 5 heteroatoms. The molecular weight excluding hydrogens is 209 g/mol. The van der Waals surface area contributed by atoms with Crippen molar-refractivity contribution < 1.29 is 9.50 Å². The van der Waals surface area contributed by atoms with E-state index in [0.29, 0.717) is 29.7 Å². The fourth-order valence-corrected chi connectivity index (χ4v) is 1.48. The second-order valence-corrected chi connectivity index (χ2v) is 3.36. The Hall–Kier alpha value is -1.75. The van der Waals surface area contributed by atoms with Gasteiger partial charge in [-0.2, -0.15) is 0 Å². The van der Waals surface area contributed by atoms with E-state index in [9.17, 15) is 4.39 Å². The van der Waals surface area contributed by atoms with Gasteiger partial charge in [0.15, 0.2) is 0 Å². The van der Waals surface area contributed by atoms with Gasteiger partial charge >= 0.3 is 0 Å². The van der Waals surface area contributed by atoms with Crippen molar-refractivity contribution >= 4 is 16.7 Å². The number of aromatic nitrogens is 2. The van der Waals surface area contributed by atoms with Crippen molar-refractivity contribution in [3.63, 3.8) is 0 Å². The molecule has 0 unspecified atom stereocenters. The molecule has 0 fully saturated rings. The van der Waals surface area contributed by atoms with Gasteiger partial charge in [-0.15, -0.1) is 0 Å². The first-order valence-corrected chi connectivity index (χ1v) is 5.07. The van der Waals surface area contributed by atoms with Crippen LogP contribution in [0.4, 0.5) is 10.2 Å². The van der Waals surface area contributed by atoms with Crippen molar-refractivity contribution in [3.8, 4) is 0 Å². The van der Waals surface area contributed by atoms with E-state index in [1.807, 2.05) is 0 Å². The van der Waals surface area contributed by atoms with Crippen LogP contribution >= 0.6 is 0 Å². The Morgan fingerprint density at radius 1 is 1.31 bits per heavy atom. The molecule has 0 aliphatic carbocycles. The topological polar surface area (TPSA) is 58.0 Å². The number of aliphatic hydroxyl groups is 1. The van der Waals surface area contributed by atoms with E-state index < -0.39 is 0 Å². The highest BCUT2D eigenvalue weighted by molar-refractivity contribution is 5.89. The van der Waals surface area contributed by atoms with Crippen LogP contribution in [0, 0.1) is 5.82 Å². The minimum Gasteiger partial charge on any atom is -0.396 e. The minimum absolute atomic E-state index is 0.115. The highest BCUT2D eigenvalue weighted by atomic mass is 19.1. The number of hydrogen-bond acceptors (Lipinski definition) is 4. The van der Waals surface area contributed by atoms with E-state index in [1.165, 1.54) is 12.4 Å². The summed E-state index contributed by atoms with van der Waals surface area (Å²) in [5, 5.41) is 12.4. The number of hydrogen-bond donors (Lipinski definition) is 2. The van der Waals surface area contributed by atoms with Crippen LogP contribution < -0.4 is 5.32 Å². The van der Waals surface area contributed by atoms with Crippen molar-refractivity contribution in [2.45, 2.75) is 6.42 Å². The SMILES string of the molecule is OCCCNc1ncnc2c(F)cccc12. The van der Waals surface area contributed by atoms with E-state index in [0.717, 1.165) is 0 Å². The third-order valence-electron chi connectivity index (χ3n) is 2.24. The minimum atomic E-state index is -0.356. The monoisotopic (exact) mass is 221 g/mol. The van der Waals surface area contributed by atoms with Crippen LogP contribution in [0.5, 0.6) is 0 Å². The summed E-state index contributed by atoms with van der Waals surface area (Å²) >= 11 is 0. The van der Waals surface area contributed by atoms with Crippen LogP contribution in [-0.2, 0) is 0 Å². The molecule has 2 aromatic rings. The molecule has 16 heavy (non-hydrogen) atoms. The standard InChI is InChI=1S/C11H12FN3O/c12-9-4-1-3-8-10(9)14-7-15-11(8)13-5-2-6-16/h1,3-4,7,16H,2,5-6H2,(H,13,14,15). The molecule has 84 valence electrons. The van der Waals surface area contributed by atoms with Gasteiger partial charge in [0.2, 0.25) is 0 Å². The van der Waals surface area contributed by atoms with Gasteiger partial charge in [0, 0.05) is 18.5 Å². The number of aliphatic hydroxyl groups excluding tert-OH is 1. The van der Waals surface area contributed by atoms with E-state index >= 15 is 0 Å². The normalized spacial score (nSPS) is 10.6. The van der Waals surface area contributed by atoms with E-state index in [2.05, 4.69) is 15.3 Å². The van der Waals surface area contributed by atoms with Crippen LogP contribution in [0.1, 0.15) is 6.42 Å². The van der Waals surface area contributed by atoms with Crippen LogP contribution in [0.15, 0.2) is 24.5 Å². The van der Waals surface area contributed by atoms with Crippen LogP contribution in [0.2, 0.25) is 0 Å². The molecule has 4 nitrogen and oxygen atoms in total. The highest BCUT2D eigenvalue weighted by Gasteiger charge is 2.06. The number of anilines is 1. The summed E-state index contributed by atoms with van der Waals surface area (Å²) < 4.78 is 13.4. The predicted octanol–water partition coefficient (Wildman–Crippen LogP) is 1.56. The Morgan fingerprint density at radius 2 is 2.19 bits per heavy atom. The number of nitrogens with zero attached hydrogens (tertiary/aromatic N) is 2. The molecule has 0 amide bonds. The third kappa shape index (κ3) is 2.09. The Bertz CT molecular complexity index is 490. The fourth-order valence-electron chi connectivity index (χ4n) is 1.48. The first-order valence-electron chi connectivity index (χ1n) is 5.07. The number of para-hydroxylation sites is 1. The Kier molecular flexibility index (Phi) is 3.26. The molecule has 0 bridgehead atoms. The van der Waals surface area contributed by atoms with Gasteiger partial charge in [0.1, 0.15) is 23.5 Å². The predicted molar refractivity (Wildman–Crippen MR) is 59.7 cm³/mol. The molecule has 1 aromatic carbocycles. The van der Waals surface area contributed by atoms with Gasteiger partial charge < -0.3 is 10.4 Å². The van der Waals surface area contributed by atoms with Crippen LogP contribution in [-0.4, -0.2) is 28.2 Å². The van der Waals surface area contributed by atoms with Crippen molar-refractivity contribution in [3.05, 3.63) is 30.3 Å². The molecule has 0 aliphatic rings. The van der Waals surface area contributed by atoms with Crippen molar-refractivity contribution in [2.75, 3.05) is 18.5 Å². The summed E-state index contributed by atoms with van der Waals surface area (Å²) in [5.74, 6) is 0.239. The molecule has 0 radical (unpaired) electrons. The highest BCUT2D eigenvalue weighted by Crippen LogP contribution is 2.20. The van der Waals surface area contributed by atoms with Gasteiger partial charge in [0.05, 0.1) is 0 Å². The molecule has 0 aliphatic heterocycles. The second-order valence-electron chi connectivity index (χ2n) is 3.36. The van der Waals surface area contributed by atoms with Crippen molar-refractivity contribution in [2.24, 2.45) is 0 Å². The Balaban J connectivity index is 2.34. The Morgan fingerprint density at radius 3 is 3.00 bits per heavy atom. The lowest BCUT2D eigenvalue weighted by Crippen LogP contribution is -2.06. The van der Waals surface area contributed by atoms with E-state index in [1.54, 1.807) is 12.1 Å². The van der Waals surface area contributed by atoms with Gasteiger partial charge in [0.25, 0.3) is 0 Å². The number of fused-ring (bicyclic) bond motifs is 1. The molecular formula is C11H12FN3O. The summed E-state index contributed by atoms with van der Waals surface area (Å²) in [4.78, 5) is 7.94. The van der Waals surface area contributed by atoms with Gasteiger partial charge in [-0.05, 0) is 18.6 Å². The third-order valence-corrected chi connectivity index (χ3v) is 2.24. The zero-order chi connectivity index (χ0) is 11.4. The molecule has 2 N–H and O–H groups in total. The molecule has 0 saturated carbocycles. The van der Waals surface area contributed by atoms with Gasteiger partial charge in [-0.3, -0.25) is 0 Å². The lowest BCUT2D eigenvalue weighted by Gasteiger charge is -2.07. The summed E-state index contributed by atoms with van der Waals surface area (Å²) in [6.45, 7) is 0.712. The first kappa shape index (κ1) is 10.8. The van der Waals surface area contributed by atoms with Crippen molar-refractivity contribution in [1.29, 1.82) is 0 Å². The second kappa shape index (κ2) is 4.85. The first-order chi connectivity index (χ1) is 7.83. The lowest BCUT2D eigenvalue weighted by molar-refractivity contribution is 0.292. The van der Waals surface area contributed by atoms with Gasteiger partial charge in [-0.25, -0.2) is 14.4 Å². The zero-order valence-electron chi connectivity index (χ0n) is 8.65. The fraction of sp³-hybridized carbons (Fsp3) is 0.273. The van der Waals surface area contributed by atoms with Gasteiger partial charge in [-0.1, -0.05) is 6.07 Å². The molecule has 2 rings (SSSR count). The summed E-state index contributed by atoms with van der Waals surface area (Å²) in [6.07, 6.45) is 1.95. The average Bonchev–Trinajstić information content (AvgIpc) is 2.31. The van der Waals surface area contributed by atoms with Crippen LogP contribution in [0.25, 0.3) is 10.9 Å². The van der Waals surface area contributed by atoms with Crippen LogP contribution in [0.3, 0.4) is 0 Å². The van der Waals surface area contributed by atoms with Crippen molar-refractivity contribution in [1.82, 2.24) is 9.97 Å². The molecule has 0 atom stereocenters. The average molecular weight is 221 g/mol. The number of halogens is 1.